The van der Waals surface area contributed by atoms with Crippen molar-refractivity contribution in [3.63, 3.8) is 0 Å². The molecule has 1 N–H and O–H groups in total. The van der Waals surface area contributed by atoms with E-state index in [0.717, 1.165) is 0 Å². The number of carbonyl (C=O) groups is 1. The van der Waals surface area contributed by atoms with Gasteiger partial charge in [-0.2, -0.15) is 0 Å². The van der Waals surface area contributed by atoms with Gasteiger partial charge in [-0.3, -0.25) is 4.79 Å². The van der Waals surface area contributed by atoms with Crippen LogP contribution < -0.4 is 0 Å². The molecule has 1 rings (SSSR count). The van der Waals surface area contributed by atoms with Crippen LogP contribution >= 0.6 is 0 Å². The van der Waals surface area contributed by atoms with Crippen LogP contribution in [-0.2, 0) is 4.79 Å². The first-order valence-corrected chi connectivity index (χ1v) is 1.43. The Morgan fingerprint density at radius 1 is 2.17 bits per heavy atom. The van der Waals surface area contributed by atoms with Gasteiger partial charge in [-0.15, -0.1) is 0 Å². The fraction of sp³-hybridized carbons (Fsp3) is 0.750. The van der Waals surface area contributed by atoms with Gasteiger partial charge >= 0.3 is 5.97 Å². The van der Waals surface area contributed by atoms with Crippen molar-refractivity contribution < 1.29 is 16.8 Å². The monoisotopic (exact) mass is 91.1 g/mol. The molecule has 0 saturated heterocycles. The van der Waals surface area contributed by atoms with Crippen LogP contribution in [0.4, 0.5) is 0 Å². The van der Waals surface area contributed by atoms with Gasteiger partial charge in [-0.25, -0.2) is 0 Å². The molecule has 0 aliphatic heterocycles. The van der Waals surface area contributed by atoms with Gasteiger partial charge < -0.3 is 5.11 Å². The average molecular weight is 91.1 g/mol. The molecule has 0 aromatic heterocycles. The molecule has 0 radical (unpaired) electrons. The van der Waals surface area contributed by atoms with Crippen molar-refractivity contribution in [2.75, 3.05) is 0 Å². The quantitative estimate of drug-likeness (QED) is 0.509. The highest BCUT2D eigenvalue weighted by atomic mass is 16.4. The Balaban J connectivity index is 3.06. The smallest absolute Gasteiger partial charge is 0.306 e. The number of hydrogen-bond donors (Lipinski definition) is 1. The van der Waals surface area contributed by atoms with E-state index in [4.69, 9.17) is 12.0 Å². The lowest BCUT2D eigenvalue weighted by atomic mass is 10.5. The van der Waals surface area contributed by atoms with Gasteiger partial charge in [0, 0.05) is 6.85 Å². The first kappa shape index (κ1) is 0.997. The summed E-state index contributed by atoms with van der Waals surface area (Å²) in [5, 5.41) is 8.32. The molecular weight excluding hydrogens is 80.0 g/mol. The van der Waals surface area contributed by atoms with Crippen molar-refractivity contribution in [1.82, 2.24) is 0 Å². The fourth-order valence-electron chi connectivity index (χ4n) is 0.138. The molecule has 0 aromatic rings. The molecule has 2 heteroatoms. The van der Waals surface area contributed by atoms with Gasteiger partial charge in [0.2, 0.25) is 0 Å². The van der Waals surface area contributed by atoms with E-state index in [-0.39, 0.29) is 0 Å². The molecule has 0 spiro atoms. The molecular formula is C4H6O2. The second-order valence-corrected chi connectivity index (χ2v) is 0.930. The topological polar surface area (TPSA) is 37.3 Å². The maximum Gasteiger partial charge on any atom is 0.306 e. The van der Waals surface area contributed by atoms with Crippen molar-refractivity contribution in [2.45, 2.75) is 12.7 Å². The van der Waals surface area contributed by atoms with Crippen molar-refractivity contribution in [2.24, 2.45) is 5.89 Å². The zero-order valence-corrected chi connectivity index (χ0v) is 2.86. The normalized spacial score (nSPS) is 55.0. The first-order valence-electron chi connectivity index (χ1n) is 3.93. The summed E-state index contributed by atoms with van der Waals surface area (Å²) < 4.78 is 34.4. The molecule has 1 aliphatic carbocycles. The predicted octanol–water partition coefficient (Wildman–Crippen LogP) is 0.481. The van der Waals surface area contributed by atoms with Gasteiger partial charge in [0.15, 0.2) is 0 Å². The third-order valence-electron chi connectivity index (χ3n) is 0.464. The van der Waals surface area contributed by atoms with E-state index in [2.05, 4.69) is 0 Å². The Bertz CT molecular complexity index is 209. The summed E-state index contributed by atoms with van der Waals surface area (Å²) in [5.74, 6) is -4.38. The summed E-state index contributed by atoms with van der Waals surface area (Å²) in [7, 11) is 0. The van der Waals surface area contributed by atoms with Crippen molar-refractivity contribution in [1.29, 1.82) is 0 Å². The van der Waals surface area contributed by atoms with Crippen LogP contribution in [0.2, 0.25) is 0 Å². The fourth-order valence-corrected chi connectivity index (χ4v) is 0.138. The Labute approximate surface area is 42.8 Å². The number of carboxylic acid groups (broad SMARTS) is 1. The lowest BCUT2D eigenvalue weighted by Gasteiger charge is -1.75. The van der Waals surface area contributed by atoms with E-state index in [1.807, 2.05) is 0 Å². The van der Waals surface area contributed by atoms with Gasteiger partial charge in [0.1, 0.15) is 0 Å². The van der Waals surface area contributed by atoms with Crippen molar-refractivity contribution in [3.8, 4) is 0 Å². The van der Waals surface area contributed by atoms with E-state index < -0.39 is 24.6 Å². The maximum absolute atomic E-state index is 10.2. The molecule has 0 bridgehead atoms. The zero-order chi connectivity index (χ0) is 9.08. The minimum atomic E-state index is -2.62. The van der Waals surface area contributed by atoms with Crippen LogP contribution in [0.25, 0.3) is 0 Å². The summed E-state index contributed by atoms with van der Waals surface area (Å²) in [6.45, 7) is 0. The predicted molar refractivity (Wildman–Crippen MR) is 20.4 cm³/mol. The Kier molecular flexibility index (Phi) is 0.160. The number of hydrogen-bond acceptors (Lipinski definition) is 1. The highest BCUT2D eigenvalue weighted by Crippen LogP contribution is 2.28. The Hall–Kier alpha value is -0.530. The van der Waals surface area contributed by atoms with Crippen molar-refractivity contribution >= 4 is 5.97 Å². The zero-order valence-electron chi connectivity index (χ0n) is 7.86. The Morgan fingerprint density at radius 2 is 2.67 bits per heavy atom. The summed E-state index contributed by atoms with van der Waals surface area (Å²) in [5.41, 5.74) is 0. The van der Waals surface area contributed by atoms with Crippen LogP contribution in [0.1, 0.15) is 19.6 Å². The highest BCUT2D eigenvalue weighted by Gasteiger charge is 2.28. The average Bonchev–Trinajstić information content (AvgIpc) is 2.11. The van der Waals surface area contributed by atoms with Gasteiger partial charge in [0.05, 0.1) is 5.89 Å². The summed E-state index contributed by atoms with van der Waals surface area (Å²) in [6.07, 6.45) is -5.16. The molecule has 1 aliphatic rings. The summed E-state index contributed by atoms with van der Waals surface area (Å²) in [4.78, 5) is 10.2. The van der Waals surface area contributed by atoms with E-state index in [1.54, 1.807) is 0 Å². The van der Waals surface area contributed by atoms with E-state index in [1.165, 1.54) is 0 Å². The number of carboxylic acids is 1. The second-order valence-electron chi connectivity index (χ2n) is 0.930. The van der Waals surface area contributed by atoms with Crippen molar-refractivity contribution in [3.05, 3.63) is 0 Å². The van der Waals surface area contributed by atoms with Crippen LogP contribution in [0.15, 0.2) is 0 Å². The molecule has 2 nitrogen and oxygen atoms in total. The molecule has 0 atom stereocenters. The molecule has 0 aromatic carbocycles. The van der Waals surface area contributed by atoms with Gasteiger partial charge in [0.25, 0.3) is 0 Å². The molecule has 6 heavy (non-hydrogen) atoms. The van der Waals surface area contributed by atoms with E-state index >= 15 is 0 Å². The molecule has 1 saturated carbocycles. The van der Waals surface area contributed by atoms with Crippen LogP contribution in [0.3, 0.4) is 0 Å². The van der Waals surface area contributed by atoms with Crippen LogP contribution in [0.5, 0.6) is 0 Å². The van der Waals surface area contributed by atoms with Crippen LogP contribution in [-0.4, -0.2) is 11.1 Å². The minimum Gasteiger partial charge on any atom is -0.481 e. The van der Waals surface area contributed by atoms with Gasteiger partial charge in [-0.05, 0) is 12.7 Å². The molecule has 0 heterocycles. The standard InChI is InChI=1S/C4H6O2/c5-4(6)3-1-2-3/h3H,1-2H2,(H,5,6)/i1D2,2D2,3D. The van der Waals surface area contributed by atoms with E-state index in [0.29, 0.717) is 0 Å². The lowest BCUT2D eigenvalue weighted by molar-refractivity contribution is -0.138. The van der Waals surface area contributed by atoms with Gasteiger partial charge in [-0.1, -0.05) is 0 Å². The SMILES string of the molecule is [2H]C1([2H])C([2H])([2H])C1([2H])C(=O)O. The molecule has 1 fully saturated rings. The highest BCUT2D eigenvalue weighted by molar-refractivity contribution is 5.72. The summed E-state index contributed by atoms with van der Waals surface area (Å²) in [6, 6.07) is 0. The maximum atomic E-state index is 10.2. The van der Waals surface area contributed by atoms with E-state index in [9.17, 15) is 4.79 Å². The summed E-state index contributed by atoms with van der Waals surface area (Å²) >= 11 is 0. The largest absolute Gasteiger partial charge is 0.481 e. The third kappa shape index (κ3) is 0.506. The molecule has 0 unspecified atom stereocenters. The minimum absolute atomic E-state index is 1.76. The molecule has 0 amide bonds. The number of rotatable bonds is 1. The first-order chi connectivity index (χ1) is 4.69. The second kappa shape index (κ2) is 0.965. The molecule has 34 valence electrons. The Morgan fingerprint density at radius 3 is 2.67 bits per heavy atom. The van der Waals surface area contributed by atoms with Crippen LogP contribution in [0, 0.1) is 5.89 Å². The third-order valence-corrected chi connectivity index (χ3v) is 0.464. The number of aliphatic carboxylic acids is 1. The lowest BCUT2D eigenvalue weighted by Crippen LogP contribution is -1.94.